The Morgan fingerprint density at radius 2 is 0.962 bits per heavy atom. The zero-order valence-corrected chi connectivity index (χ0v) is 17.8. The average Bonchev–Trinajstić information content (AvgIpc) is 2.65. The molecule has 2 atom stereocenters. The highest BCUT2D eigenvalue weighted by Gasteiger charge is 2.49. The molecule has 2 rings (SSSR count). The van der Waals surface area contributed by atoms with Crippen molar-refractivity contribution in [1.29, 1.82) is 0 Å². The van der Waals surface area contributed by atoms with E-state index in [9.17, 15) is 0 Å². The van der Waals surface area contributed by atoms with Gasteiger partial charge in [-0.05, 0) is 49.2 Å². The molecule has 142 valence electrons. The Morgan fingerprint density at radius 1 is 0.654 bits per heavy atom. The van der Waals surface area contributed by atoms with E-state index in [1.807, 2.05) is 62.4 Å². The van der Waals surface area contributed by atoms with Gasteiger partial charge in [0.05, 0.1) is 13.2 Å². The molecule has 0 N–H and O–H groups in total. The van der Waals surface area contributed by atoms with Gasteiger partial charge in [-0.1, -0.05) is 47.5 Å². The summed E-state index contributed by atoms with van der Waals surface area (Å²) in [5.41, 5.74) is 0.205. The van der Waals surface area contributed by atoms with Crippen LogP contribution in [0.5, 0.6) is 0 Å². The fraction of sp³-hybridized carbons (Fsp3) is 0.400. The van der Waals surface area contributed by atoms with Crippen LogP contribution in [0.2, 0.25) is 10.0 Å². The van der Waals surface area contributed by atoms with Crippen molar-refractivity contribution in [2.24, 2.45) is 0 Å². The lowest BCUT2D eigenvalue weighted by molar-refractivity contribution is -0.202. The third kappa shape index (κ3) is 4.67. The molecule has 26 heavy (non-hydrogen) atoms. The molecular weight excluding hydrogens is 414 g/mol. The van der Waals surface area contributed by atoms with Crippen LogP contribution >= 0.6 is 46.4 Å². The van der Waals surface area contributed by atoms with E-state index in [0.29, 0.717) is 35.0 Å². The molecule has 6 heteroatoms. The van der Waals surface area contributed by atoms with E-state index in [1.165, 1.54) is 0 Å². The fourth-order valence-electron chi connectivity index (χ4n) is 3.01. The minimum Gasteiger partial charge on any atom is -0.366 e. The average molecular weight is 436 g/mol. The van der Waals surface area contributed by atoms with Crippen molar-refractivity contribution in [3.63, 3.8) is 0 Å². The lowest BCUT2D eigenvalue weighted by atomic mass is 9.75. The molecule has 0 aliphatic heterocycles. The second-order valence-corrected chi connectivity index (χ2v) is 7.78. The van der Waals surface area contributed by atoms with Crippen molar-refractivity contribution >= 4 is 46.4 Å². The normalized spacial score (nSPS) is 16.1. The summed E-state index contributed by atoms with van der Waals surface area (Å²) in [6.45, 7) is 4.72. The summed E-state index contributed by atoms with van der Waals surface area (Å²) in [6.07, 6.45) is 0. The van der Waals surface area contributed by atoms with Gasteiger partial charge in [-0.15, -0.1) is 23.2 Å². The van der Waals surface area contributed by atoms with E-state index < -0.39 is 11.2 Å². The van der Waals surface area contributed by atoms with E-state index >= 15 is 0 Å². The Kier molecular flexibility index (Phi) is 8.08. The first-order valence-corrected chi connectivity index (χ1v) is 10.1. The van der Waals surface area contributed by atoms with Crippen molar-refractivity contribution < 1.29 is 9.47 Å². The van der Waals surface area contributed by atoms with Gasteiger partial charge in [-0.2, -0.15) is 0 Å². The molecule has 0 aliphatic rings. The highest BCUT2D eigenvalue weighted by molar-refractivity contribution is 6.30. The number of benzene rings is 2. The number of rotatable bonds is 9. The topological polar surface area (TPSA) is 18.5 Å². The maximum absolute atomic E-state index is 6.28. The molecule has 0 aromatic heterocycles. The molecule has 0 heterocycles. The van der Waals surface area contributed by atoms with Gasteiger partial charge >= 0.3 is 0 Å². The molecule has 2 nitrogen and oxygen atoms in total. The van der Waals surface area contributed by atoms with Crippen molar-refractivity contribution in [3.05, 3.63) is 69.7 Å². The van der Waals surface area contributed by atoms with Gasteiger partial charge < -0.3 is 9.47 Å². The minimum atomic E-state index is -0.827. The van der Waals surface area contributed by atoms with Crippen molar-refractivity contribution in [3.8, 4) is 0 Å². The molecule has 0 bridgehead atoms. The van der Waals surface area contributed by atoms with Crippen LogP contribution in [0.4, 0.5) is 0 Å². The largest absolute Gasteiger partial charge is 0.366 e. The number of ether oxygens (including phenoxy) is 2. The van der Waals surface area contributed by atoms with Gasteiger partial charge in [-0.3, -0.25) is 0 Å². The highest BCUT2D eigenvalue weighted by Crippen LogP contribution is 2.46. The highest BCUT2D eigenvalue weighted by atomic mass is 35.5. The minimum absolute atomic E-state index is 0.369. The predicted molar refractivity (Wildman–Crippen MR) is 111 cm³/mol. The zero-order chi connectivity index (χ0) is 19.2. The maximum Gasteiger partial charge on any atom is 0.123 e. The molecule has 2 unspecified atom stereocenters. The Hall–Kier alpha value is -0.480. The Morgan fingerprint density at radius 3 is 1.23 bits per heavy atom. The summed E-state index contributed by atoms with van der Waals surface area (Å²) < 4.78 is 12.6. The Bertz CT molecular complexity index is 628. The van der Waals surface area contributed by atoms with Crippen molar-refractivity contribution in [2.75, 3.05) is 25.0 Å². The van der Waals surface area contributed by atoms with Crippen LogP contribution in [0.3, 0.4) is 0 Å². The third-order valence-corrected chi connectivity index (χ3v) is 5.45. The summed E-state index contributed by atoms with van der Waals surface area (Å²) in [5, 5.41) is 1.31. The van der Waals surface area contributed by atoms with Gasteiger partial charge in [0.2, 0.25) is 0 Å². The second-order valence-electron chi connectivity index (χ2n) is 6.16. The third-order valence-electron chi connectivity index (χ3n) is 4.64. The summed E-state index contributed by atoms with van der Waals surface area (Å²) in [7, 11) is 0. The van der Waals surface area contributed by atoms with Gasteiger partial charge in [0, 0.05) is 21.8 Å². The van der Waals surface area contributed by atoms with Crippen LogP contribution in [0, 0.1) is 0 Å². The van der Waals surface area contributed by atoms with Crippen molar-refractivity contribution in [1.82, 2.24) is 0 Å². The lowest BCUT2D eigenvalue weighted by Crippen LogP contribution is -2.49. The SMILES string of the molecule is CC(OCCCl)(c1ccc(Cl)cc1)C(C)(OCCCl)c1ccc(Cl)cc1. The molecule has 2 aromatic carbocycles. The summed E-state index contributed by atoms with van der Waals surface area (Å²) in [4.78, 5) is 0. The van der Waals surface area contributed by atoms with Gasteiger partial charge in [0.15, 0.2) is 0 Å². The molecule has 2 aromatic rings. The van der Waals surface area contributed by atoms with Crippen LogP contribution in [0.25, 0.3) is 0 Å². The van der Waals surface area contributed by atoms with E-state index in [-0.39, 0.29) is 0 Å². The first kappa shape index (κ1) is 21.8. The monoisotopic (exact) mass is 434 g/mol. The molecular formula is C20H22Cl4O2. The molecule has 0 fully saturated rings. The number of halogens is 4. The molecule has 0 aliphatic carbocycles. The summed E-state index contributed by atoms with van der Waals surface area (Å²) in [6, 6.07) is 15.1. The van der Waals surface area contributed by atoms with E-state index in [1.54, 1.807) is 0 Å². The maximum atomic E-state index is 6.28. The van der Waals surface area contributed by atoms with Gasteiger partial charge in [-0.25, -0.2) is 0 Å². The molecule has 0 spiro atoms. The Balaban J connectivity index is 2.60. The quantitative estimate of drug-likeness (QED) is 0.411. The second kappa shape index (κ2) is 9.64. The van der Waals surface area contributed by atoms with Crippen LogP contribution in [-0.2, 0) is 20.7 Å². The summed E-state index contributed by atoms with van der Waals surface area (Å²) >= 11 is 24.0. The smallest absolute Gasteiger partial charge is 0.123 e. The summed E-state index contributed by atoms with van der Waals surface area (Å²) in [5.74, 6) is 0.741. The van der Waals surface area contributed by atoms with E-state index in [0.717, 1.165) is 11.1 Å². The van der Waals surface area contributed by atoms with Crippen LogP contribution < -0.4 is 0 Å². The fourth-order valence-corrected chi connectivity index (χ4v) is 3.42. The molecule has 0 saturated heterocycles. The van der Waals surface area contributed by atoms with Crippen LogP contribution in [-0.4, -0.2) is 25.0 Å². The van der Waals surface area contributed by atoms with Gasteiger partial charge in [0.25, 0.3) is 0 Å². The van der Waals surface area contributed by atoms with Crippen LogP contribution in [0.1, 0.15) is 25.0 Å². The van der Waals surface area contributed by atoms with Crippen LogP contribution in [0.15, 0.2) is 48.5 Å². The number of hydrogen-bond donors (Lipinski definition) is 0. The standard InChI is InChI=1S/C20H22Cl4O2/c1-19(25-13-11-21,15-3-7-17(23)8-4-15)20(2,26-14-12-22)16-5-9-18(24)10-6-16/h3-10H,11-14H2,1-2H3. The lowest BCUT2D eigenvalue weighted by Gasteiger charge is -2.46. The molecule has 0 amide bonds. The zero-order valence-electron chi connectivity index (χ0n) is 14.8. The van der Waals surface area contributed by atoms with E-state index in [2.05, 4.69) is 0 Å². The Labute approximate surface area is 175 Å². The first-order valence-electron chi connectivity index (χ1n) is 8.29. The van der Waals surface area contributed by atoms with Gasteiger partial charge in [0.1, 0.15) is 11.2 Å². The molecule has 0 radical (unpaired) electrons. The number of hydrogen-bond acceptors (Lipinski definition) is 2. The number of alkyl halides is 2. The van der Waals surface area contributed by atoms with Crippen molar-refractivity contribution in [2.45, 2.75) is 25.0 Å². The molecule has 0 saturated carbocycles. The first-order chi connectivity index (χ1) is 12.4. The van der Waals surface area contributed by atoms with E-state index in [4.69, 9.17) is 55.9 Å². The predicted octanol–water partition coefficient (Wildman–Crippen LogP) is 6.63.